The van der Waals surface area contributed by atoms with Crippen LogP contribution in [0.4, 0.5) is 0 Å². The molecule has 1 aromatic rings. The second kappa shape index (κ2) is 8.87. The van der Waals surface area contributed by atoms with Crippen molar-refractivity contribution in [3.05, 3.63) is 35.9 Å². The minimum absolute atomic E-state index is 0. The van der Waals surface area contributed by atoms with E-state index in [1.165, 1.54) is 12.0 Å². The molecule has 0 saturated heterocycles. The lowest BCUT2D eigenvalue weighted by atomic mass is 9.93. The first-order valence-electron chi connectivity index (χ1n) is 8.56. The van der Waals surface area contributed by atoms with Gasteiger partial charge < -0.3 is 15.7 Å². The van der Waals surface area contributed by atoms with Crippen molar-refractivity contribution in [2.45, 2.75) is 63.1 Å². The highest BCUT2D eigenvalue weighted by Crippen LogP contribution is 2.40. The Labute approximate surface area is 156 Å². The van der Waals surface area contributed by atoms with Gasteiger partial charge in [0.15, 0.2) is 5.96 Å². The lowest BCUT2D eigenvalue weighted by Gasteiger charge is -2.27. The molecule has 2 saturated carbocycles. The number of aliphatic hydroxyl groups is 1. The summed E-state index contributed by atoms with van der Waals surface area (Å²) >= 11 is 0. The first-order valence-corrected chi connectivity index (χ1v) is 8.56. The van der Waals surface area contributed by atoms with Crippen LogP contribution in [0.5, 0.6) is 0 Å². The van der Waals surface area contributed by atoms with Gasteiger partial charge in [0.2, 0.25) is 0 Å². The van der Waals surface area contributed by atoms with Crippen LogP contribution in [-0.2, 0) is 0 Å². The molecule has 0 bridgehead atoms. The van der Waals surface area contributed by atoms with Gasteiger partial charge in [0.1, 0.15) is 0 Å². The number of rotatable bonds is 4. The molecule has 2 fully saturated rings. The Balaban J connectivity index is 0.00000192. The predicted molar refractivity (Wildman–Crippen MR) is 106 cm³/mol. The Morgan fingerprint density at radius 1 is 1.13 bits per heavy atom. The van der Waals surface area contributed by atoms with E-state index in [9.17, 15) is 5.11 Å². The third-order valence-electron chi connectivity index (χ3n) is 4.69. The van der Waals surface area contributed by atoms with Gasteiger partial charge in [0.25, 0.3) is 0 Å². The highest BCUT2D eigenvalue weighted by atomic mass is 127. The number of nitrogens with zero attached hydrogens (tertiary/aromatic N) is 1. The number of halogens is 1. The van der Waals surface area contributed by atoms with Crippen LogP contribution < -0.4 is 10.6 Å². The lowest BCUT2D eigenvalue weighted by Crippen LogP contribution is -2.46. The van der Waals surface area contributed by atoms with E-state index in [0.29, 0.717) is 18.0 Å². The average molecular weight is 429 g/mol. The van der Waals surface area contributed by atoms with E-state index in [-0.39, 0.29) is 30.1 Å². The van der Waals surface area contributed by atoms with E-state index in [0.717, 1.165) is 38.2 Å². The maximum Gasteiger partial charge on any atom is 0.191 e. The zero-order valence-corrected chi connectivity index (χ0v) is 16.1. The Hall–Kier alpha value is -0.820. The van der Waals surface area contributed by atoms with Gasteiger partial charge in [0, 0.05) is 24.5 Å². The van der Waals surface area contributed by atoms with Gasteiger partial charge in [-0.15, -0.1) is 24.0 Å². The molecule has 23 heavy (non-hydrogen) atoms. The van der Waals surface area contributed by atoms with Crippen LogP contribution in [0.25, 0.3) is 0 Å². The Morgan fingerprint density at radius 2 is 1.83 bits per heavy atom. The average Bonchev–Trinajstić information content (AvgIpc) is 3.30. The van der Waals surface area contributed by atoms with E-state index in [4.69, 9.17) is 0 Å². The highest BCUT2D eigenvalue weighted by molar-refractivity contribution is 14.0. The first kappa shape index (κ1) is 18.5. The molecule has 5 heteroatoms. The molecule has 128 valence electrons. The van der Waals surface area contributed by atoms with Gasteiger partial charge in [0.05, 0.1) is 6.10 Å². The van der Waals surface area contributed by atoms with Crippen LogP contribution >= 0.6 is 24.0 Å². The number of benzene rings is 1. The van der Waals surface area contributed by atoms with Crippen molar-refractivity contribution in [3.63, 3.8) is 0 Å². The zero-order chi connectivity index (χ0) is 15.4. The van der Waals surface area contributed by atoms with Crippen molar-refractivity contribution in [3.8, 4) is 0 Å². The van der Waals surface area contributed by atoms with Crippen LogP contribution in [-0.4, -0.2) is 35.8 Å². The van der Waals surface area contributed by atoms with Gasteiger partial charge in [-0.1, -0.05) is 30.3 Å². The molecule has 0 aliphatic heterocycles. The fraction of sp³-hybridized carbons (Fsp3) is 0.611. The summed E-state index contributed by atoms with van der Waals surface area (Å²) in [6.07, 6.45) is 4.91. The molecular formula is C18H28IN3O. The minimum Gasteiger partial charge on any atom is -0.393 e. The maximum atomic E-state index is 9.61. The molecule has 0 radical (unpaired) electrons. The summed E-state index contributed by atoms with van der Waals surface area (Å²) < 4.78 is 0. The van der Waals surface area contributed by atoms with Crippen LogP contribution in [0.1, 0.15) is 50.5 Å². The summed E-state index contributed by atoms with van der Waals surface area (Å²) in [5, 5.41) is 16.7. The quantitative estimate of drug-likeness (QED) is 0.392. The monoisotopic (exact) mass is 429 g/mol. The SMILES string of the molecule is CCN=C(NC1CCC(O)CC1)NC1CC1c1ccccc1.I. The van der Waals surface area contributed by atoms with Crippen molar-refractivity contribution < 1.29 is 5.11 Å². The normalized spacial score (nSPS) is 30.3. The fourth-order valence-electron chi connectivity index (χ4n) is 3.30. The zero-order valence-electron chi connectivity index (χ0n) is 13.7. The summed E-state index contributed by atoms with van der Waals surface area (Å²) in [6, 6.07) is 11.6. The summed E-state index contributed by atoms with van der Waals surface area (Å²) in [5.74, 6) is 1.55. The summed E-state index contributed by atoms with van der Waals surface area (Å²) in [6.45, 7) is 2.85. The Kier molecular flexibility index (Phi) is 7.14. The summed E-state index contributed by atoms with van der Waals surface area (Å²) in [5.41, 5.74) is 1.41. The smallest absolute Gasteiger partial charge is 0.191 e. The summed E-state index contributed by atoms with van der Waals surface area (Å²) in [7, 11) is 0. The first-order chi connectivity index (χ1) is 10.8. The van der Waals surface area contributed by atoms with E-state index >= 15 is 0 Å². The molecule has 0 spiro atoms. The molecule has 4 nitrogen and oxygen atoms in total. The van der Waals surface area contributed by atoms with Crippen molar-refractivity contribution in [2.24, 2.45) is 4.99 Å². The number of nitrogens with one attached hydrogen (secondary N) is 2. The Bertz CT molecular complexity index is 500. The number of aliphatic imine (C=N–C) groups is 1. The fourth-order valence-corrected chi connectivity index (χ4v) is 3.30. The van der Waals surface area contributed by atoms with E-state index in [1.54, 1.807) is 0 Å². The van der Waals surface area contributed by atoms with Gasteiger partial charge in [-0.3, -0.25) is 4.99 Å². The van der Waals surface area contributed by atoms with Crippen molar-refractivity contribution in [2.75, 3.05) is 6.54 Å². The third-order valence-corrected chi connectivity index (χ3v) is 4.69. The molecule has 1 aromatic carbocycles. The van der Waals surface area contributed by atoms with Crippen LogP contribution in [0.3, 0.4) is 0 Å². The molecular weight excluding hydrogens is 401 g/mol. The number of hydrogen-bond donors (Lipinski definition) is 3. The maximum absolute atomic E-state index is 9.61. The molecule has 0 aromatic heterocycles. The van der Waals surface area contributed by atoms with Crippen molar-refractivity contribution in [1.82, 2.24) is 10.6 Å². The molecule has 2 unspecified atom stereocenters. The minimum atomic E-state index is -0.108. The second-order valence-electron chi connectivity index (χ2n) is 6.48. The molecule has 2 atom stereocenters. The molecule has 3 rings (SSSR count). The highest BCUT2D eigenvalue weighted by Gasteiger charge is 2.39. The standard InChI is InChI=1S/C18H27N3O.HI/c1-2-19-18(20-14-8-10-15(22)11-9-14)21-17-12-16(17)13-6-4-3-5-7-13;/h3-7,14-17,22H,2,8-12H2,1H3,(H2,19,20,21);1H. The van der Waals surface area contributed by atoms with E-state index in [1.807, 2.05) is 0 Å². The number of aliphatic hydroxyl groups excluding tert-OH is 1. The van der Waals surface area contributed by atoms with Gasteiger partial charge in [-0.25, -0.2) is 0 Å². The largest absolute Gasteiger partial charge is 0.393 e. The lowest BCUT2D eigenvalue weighted by molar-refractivity contribution is 0.120. The van der Waals surface area contributed by atoms with Crippen LogP contribution in [0.15, 0.2) is 35.3 Å². The second-order valence-corrected chi connectivity index (χ2v) is 6.48. The number of guanidine groups is 1. The van der Waals surface area contributed by atoms with E-state index in [2.05, 4.69) is 52.9 Å². The van der Waals surface area contributed by atoms with Crippen molar-refractivity contribution in [1.29, 1.82) is 0 Å². The molecule has 2 aliphatic carbocycles. The summed E-state index contributed by atoms with van der Waals surface area (Å²) in [4.78, 5) is 4.58. The Morgan fingerprint density at radius 3 is 2.48 bits per heavy atom. The molecule has 0 heterocycles. The topological polar surface area (TPSA) is 56.7 Å². The van der Waals surface area contributed by atoms with Gasteiger partial charge >= 0.3 is 0 Å². The van der Waals surface area contributed by atoms with Crippen molar-refractivity contribution >= 4 is 29.9 Å². The third kappa shape index (κ3) is 5.35. The van der Waals surface area contributed by atoms with E-state index < -0.39 is 0 Å². The molecule has 2 aliphatic rings. The molecule has 0 amide bonds. The van der Waals surface area contributed by atoms with Gasteiger partial charge in [-0.05, 0) is 44.6 Å². The van der Waals surface area contributed by atoms with Crippen LogP contribution in [0, 0.1) is 0 Å². The van der Waals surface area contributed by atoms with Crippen LogP contribution in [0.2, 0.25) is 0 Å². The predicted octanol–water partition coefficient (Wildman–Crippen LogP) is 3.02. The van der Waals surface area contributed by atoms with Gasteiger partial charge in [-0.2, -0.15) is 0 Å². The number of hydrogen-bond acceptors (Lipinski definition) is 2. The molecule has 3 N–H and O–H groups in total.